The Morgan fingerprint density at radius 3 is 1.61 bits per heavy atom. The first kappa shape index (κ1) is 16.7. The highest BCUT2D eigenvalue weighted by molar-refractivity contribution is 5.99. The Hall–Kier alpha value is -2.62. The van der Waals surface area contributed by atoms with Crippen LogP contribution in [0, 0.1) is 5.41 Å². The van der Waals surface area contributed by atoms with Crippen LogP contribution in [0.2, 0.25) is 0 Å². The summed E-state index contributed by atoms with van der Waals surface area (Å²) in [5.74, 6) is -3.62. The van der Waals surface area contributed by atoms with Crippen molar-refractivity contribution in [1.29, 1.82) is 0 Å². The van der Waals surface area contributed by atoms with Gasteiger partial charge in [-0.2, -0.15) is 0 Å². The van der Waals surface area contributed by atoms with Gasteiger partial charge in [0.15, 0.2) is 5.41 Å². The van der Waals surface area contributed by atoms with Gasteiger partial charge in [0.25, 0.3) is 0 Å². The molecule has 4 heteroatoms. The zero-order valence-electron chi connectivity index (χ0n) is 13.1. The summed E-state index contributed by atoms with van der Waals surface area (Å²) in [6.45, 7) is 3.16. The van der Waals surface area contributed by atoms with Gasteiger partial charge in [-0.3, -0.25) is 9.59 Å². The van der Waals surface area contributed by atoms with E-state index in [0.29, 0.717) is 5.56 Å². The van der Waals surface area contributed by atoms with Crippen molar-refractivity contribution in [2.24, 2.45) is 5.41 Å². The molecule has 2 aromatic carbocycles. The Balaban J connectivity index is 2.61. The Morgan fingerprint density at radius 1 is 0.826 bits per heavy atom. The molecule has 0 aliphatic heterocycles. The van der Waals surface area contributed by atoms with Gasteiger partial charge in [0.1, 0.15) is 0 Å². The van der Waals surface area contributed by atoms with E-state index in [0.717, 1.165) is 5.56 Å². The molecule has 2 atom stereocenters. The number of carboxylic acids is 2. The first-order chi connectivity index (χ1) is 10.9. The van der Waals surface area contributed by atoms with E-state index in [1.54, 1.807) is 24.3 Å². The quantitative estimate of drug-likeness (QED) is 0.797. The van der Waals surface area contributed by atoms with Crippen molar-refractivity contribution in [2.75, 3.05) is 0 Å². The topological polar surface area (TPSA) is 74.6 Å². The molecule has 120 valence electrons. The zero-order chi connectivity index (χ0) is 17.0. The number of carbonyl (C=O) groups is 2. The average molecular weight is 312 g/mol. The van der Waals surface area contributed by atoms with E-state index in [9.17, 15) is 19.8 Å². The summed E-state index contributed by atoms with van der Waals surface area (Å²) in [5.41, 5.74) is -0.303. The van der Waals surface area contributed by atoms with Crippen LogP contribution in [-0.4, -0.2) is 22.2 Å². The van der Waals surface area contributed by atoms with Gasteiger partial charge in [0.2, 0.25) is 0 Å². The smallest absolute Gasteiger partial charge is 0.321 e. The fraction of sp³-hybridized carbons (Fsp3) is 0.263. The summed E-state index contributed by atoms with van der Waals surface area (Å²) in [7, 11) is 0. The first-order valence-electron chi connectivity index (χ1n) is 7.45. The van der Waals surface area contributed by atoms with Gasteiger partial charge in [0.05, 0.1) is 0 Å². The molecule has 0 saturated carbocycles. The van der Waals surface area contributed by atoms with Crippen LogP contribution >= 0.6 is 0 Å². The molecule has 0 radical (unpaired) electrons. The highest BCUT2D eigenvalue weighted by atomic mass is 16.4. The average Bonchev–Trinajstić information content (AvgIpc) is 2.56. The van der Waals surface area contributed by atoms with E-state index < -0.39 is 23.3 Å². The largest absolute Gasteiger partial charge is 0.480 e. The molecule has 0 aliphatic carbocycles. The van der Waals surface area contributed by atoms with Crippen molar-refractivity contribution in [3.05, 3.63) is 71.8 Å². The number of benzene rings is 2. The lowest BCUT2D eigenvalue weighted by molar-refractivity contribution is -0.165. The fourth-order valence-corrected chi connectivity index (χ4v) is 3.09. The third kappa shape index (κ3) is 3.11. The van der Waals surface area contributed by atoms with Gasteiger partial charge in [-0.05, 0) is 24.0 Å². The van der Waals surface area contributed by atoms with Gasteiger partial charge in [0, 0.05) is 5.92 Å². The summed E-state index contributed by atoms with van der Waals surface area (Å²) in [5, 5.41) is 19.3. The summed E-state index contributed by atoms with van der Waals surface area (Å²) >= 11 is 0. The maximum atomic E-state index is 11.8. The highest BCUT2D eigenvalue weighted by Gasteiger charge is 2.51. The van der Waals surface area contributed by atoms with Crippen molar-refractivity contribution in [1.82, 2.24) is 0 Å². The van der Waals surface area contributed by atoms with E-state index in [-0.39, 0.29) is 5.92 Å². The number of rotatable bonds is 6. The first-order valence-corrected chi connectivity index (χ1v) is 7.45. The van der Waals surface area contributed by atoms with Gasteiger partial charge in [-0.25, -0.2) is 0 Å². The Morgan fingerprint density at radius 2 is 1.22 bits per heavy atom. The number of carboxylic acid groups (broad SMARTS) is 2. The van der Waals surface area contributed by atoms with Crippen molar-refractivity contribution in [3.8, 4) is 0 Å². The van der Waals surface area contributed by atoms with Crippen molar-refractivity contribution in [3.63, 3.8) is 0 Å². The standard InChI is InChI=1S/C19H20O4/c1-13(14-9-5-3-6-10-14)16(15-11-7-4-8-12-15)19(2,17(20)21)18(22)23/h3-13,16H,1-2H3,(H,20,21)(H,22,23). The van der Waals surface area contributed by atoms with E-state index in [4.69, 9.17) is 0 Å². The van der Waals surface area contributed by atoms with E-state index in [1.165, 1.54) is 6.92 Å². The van der Waals surface area contributed by atoms with E-state index in [1.807, 2.05) is 43.3 Å². The SMILES string of the molecule is CC(c1ccccc1)C(c1ccccc1)C(C)(C(=O)O)C(=O)O. The monoisotopic (exact) mass is 312 g/mol. The molecule has 2 N–H and O–H groups in total. The molecule has 2 unspecified atom stereocenters. The molecule has 0 aromatic heterocycles. The second-order valence-corrected chi connectivity index (χ2v) is 5.90. The predicted octanol–water partition coefficient (Wildman–Crippen LogP) is 3.75. The Kier molecular flexibility index (Phi) is 4.84. The fourth-order valence-electron chi connectivity index (χ4n) is 3.09. The minimum Gasteiger partial charge on any atom is -0.480 e. The van der Waals surface area contributed by atoms with Gasteiger partial charge in [-0.1, -0.05) is 67.6 Å². The minimum atomic E-state index is -1.92. The van der Waals surface area contributed by atoms with Crippen LogP contribution in [0.5, 0.6) is 0 Å². The molecule has 2 aromatic rings. The molecule has 23 heavy (non-hydrogen) atoms. The molecule has 4 nitrogen and oxygen atoms in total. The molecule has 0 fully saturated rings. The van der Waals surface area contributed by atoms with E-state index >= 15 is 0 Å². The van der Waals surface area contributed by atoms with Crippen LogP contribution in [-0.2, 0) is 9.59 Å². The lowest BCUT2D eigenvalue weighted by atomic mass is 9.66. The maximum absolute atomic E-state index is 11.8. The molecule has 0 spiro atoms. The molecular weight excluding hydrogens is 292 g/mol. The summed E-state index contributed by atoms with van der Waals surface area (Å²) in [6.07, 6.45) is 0. The molecule has 0 heterocycles. The summed E-state index contributed by atoms with van der Waals surface area (Å²) in [4.78, 5) is 23.7. The molecule has 0 bridgehead atoms. The molecular formula is C19H20O4. The Bertz CT molecular complexity index is 665. The van der Waals surface area contributed by atoms with E-state index in [2.05, 4.69) is 0 Å². The van der Waals surface area contributed by atoms with Gasteiger partial charge < -0.3 is 10.2 Å². The molecule has 0 saturated heterocycles. The highest BCUT2D eigenvalue weighted by Crippen LogP contribution is 2.46. The molecule has 0 amide bonds. The minimum absolute atomic E-state index is 0.268. The van der Waals surface area contributed by atoms with Crippen molar-refractivity contribution >= 4 is 11.9 Å². The van der Waals surface area contributed by atoms with Crippen LogP contribution in [0.25, 0.3) is 0 Å². The van der Waals surface area contributed by atoms with Gasteiger partial charge in [-0.15, -0.1) is 0 Å². The van der Waals surface area contributed by atoms with Crippen LogP contribution in [0.15, 0.2) is 60.7 Å². The normalized spacial score (nSPS) is 14.0. The lowest BCUT2D eigenvalue weighted by Gasteiger charge is -2.35. The molecule has 0 aliphatic rings. The number of hydrogen-bond acceptors (Lipinski definition) is 2. The van der Waals surface area contributed by atoms with Crippen LogP contribution in [0.3, 0.4) is 0 Å². The third-order valence-corrected chi connectivity index (χ3v) is 4.49. The van der Waals surface area contributed by atoms with Gasteiger partial charge >= 0.3 is 11.9 Å². The second-order valence-electron chi connectivity index (χ2n) is 5.90. The van der Waals surface area contributed by atoms with Crippen LogP contribution in [0.1, 0.15) is 36.8 Å². The summed E-state index contributed by atoms with van der Waals surface area (Å²) < 4.78 is 0. The third-order valence-electron chi connectivity index (χ3n) is 4.49. The number of aliphatic carboxylic acids is 2. The Labute approximate surface area is 135 Å². The molecule has 2 rings (SSSR count). The number of hydrogen-bond donors (Lipinski definition) is 2. The van der Waals surface area contributed by atoms with Crippen molar-refractivity contribution < 1.29 is 19.8 Å². The van der Waals surface area contributed by atoms with Crippen molar-refractivity contribution in [2.45, 2.75) is 25.7 Å². The zero-order valence-corrected chi connectivity index (χ0v) is 13.1. The lowest BCUT2D eigenvalue weighted by Crippen LogP contribution is -2.43. The van der Waals surface area contributed by atoms with Crippen LogP contribution < -0.4 is 0 Å². The van der Waals surface area contributed by atoms with Crippen LogP contribution in [0.4, 0.5) is 0 Å². The summed E-state index contributed by atoms with van der Waals surface area (Å²) in [6, 6.07) is 18.4. The predicted molar refractivity (Wildman–Crippen MR) is 87.4 cm³/mol. The second kappa shape index (κ2) is 6.65. The maximum Gasteiger partial charge on any atom is 0.321 e.